The Bertz CT molecular complexity index is 673. The minimum absolute atomic E-state index is 0.158. The van der Waals surface area contributed by atoms with Gasteiger partial charge in [0.05, 0.1) is 5.75 Å². The van der Waals surface area contributed by atoms with Crippen molar-refractivity contribution in [1.29, 1.82) is 0 Å². The Morgan fingerprint density at radius 2 is 2.14 bits per heavy atom. The van der Waals surface area contributed by atoms with Gasteiger partial charge in [-0.2, -0.15) is 4.31 Å². The van der Waals surface area contributed by atoms with Crippen LogP contribution in [0.2, 0.25) is 0 Å². The van der Waals surface area contributed by atoms with Gasteiger partial charge in [-0.25, -0.2) is 8.42 Å². The molecular weight excluding hydrogens is 310 g/mol. The molecule has 1 saturated heterocycles. The number of rotatable bonds is 4. The molecule has 1 aliphatic rings. The molecule has 1 aromatic rings. The average molecular weight is 327 g/mol. The monoisotopic (exact) mass is 327 g/mol. The highest BCUT2D eigenvalue weighted by atomic mass is 32.2. The summed E-state index contributed by atoms with van der Waals surface area (Å²) in [4.78, 5) is 11.8. The van der Waals surface area contributed by atoms with Crippen molar-refractivity contribution >= 4 is 33.1 Å². The third-order valence-electron chi connectivity index (χ3n) is 3.42. The number of thiocarbonyl (C=S) groups is 1. The van der Waals surface area contributed by atoms with E-state index in [9.17, 15) is 13.2 Å². The van der Waals surface area contributed by atoms with Crippen LogP contribution in [0.1, 0.15) is 18.1 Å². The molecule has 0 aliphatic carbocycles. The van der Waals surface area contributed by atoms with Gasteiger partial charge in [0.25, 0.3) is 0 Å². The fraction of sp³-hybridized carbons (Fsp3) is 0.385. The highest BCUT2D eigenvalue weighted by molar-refractivity contribution is 7.88. The molecule has 1 heterocycles. The van der Waals surface area contributed by atoms with E-state index in [0.717, 1.165) is 0 Å². The molecule has 1 fully saturated rings. The predicted octanol–water partition coefficient (Wildman–Crippen LogP) is -0.0291. The van der Waals surface area contributed by atoms with E-state index in [4.69, 9.17) is 18.0 Å². The van der Waals surface area contributed by atoms with E-state index < -0.39 is 16.1 Å². The zero-order chi connectivity index (χ0) is 15.6. The molecule has 2 rings (SSSR count). The first kappa shape index (κ1) is 15.9. The summed E-state index contributed by atoms with van der Waals surface area (Å²) < 4.78 is 26.3. The first-order valence-electron chi connectivity index (χ1n) is 6.48. The first-order valence-corrected chi connectivity index (χ1v) is 8.49. The zero-order valence-electron chi connectivity index (χ0n) is 11.6. The molecule has 114 valence electrons. The van der Waals surface area contributed by atoms with Crippen LogP contribution in [0.25, 0.3) is 0 Å². The van der Waals surface area contributed by atoms with E-state index in [2.05, 4.69) is 5.32 Å². The Morgan fingerprint density at radius 3 is 2.81 bits per heavy atom. The molecule has 8 heteroatoms. The molecule has 21 heavy (non-hydrogen) atoms. The normalized spacial score (nSPS) is 20.0. The molecule has 0 bridgehead atoms. The molecule has 1 amide bonds. The number of piperazine rings is 1. The van der Waals surface area contributed by atoms with Crippen molar-refractivity contribution in [2.75, 3.05) is 13.1 Å². The van der Waals surface area contributed by atoms with Gasteiger partial charge in [0.1, 0.15) is 11.0 Å². The van der Waals surface area contributed by atoms with Gasteiger partial charge in [0.15, 0.2) is 0 Å². The van der Waals surface area contributed by atoms with Crippen molar-refractivity contribution in [3.63, 3.8) is 0 Å². The Kier molecular flexibility index (Phi) is 4.60. The van der Waals surface area contributed by atoms with Gasteiger partial charge in [-0.3, -0.25) is 4.79 Å². The van der Waals surface area contributed by atoms with E-state index in [1.165, 1.54) is 4.31 Å². The van der Waals surface area contributed by atoms with Gasteiger partial charge < -0.3 is 11.1 Å². The van der Waals surface area contributed by atoms with Gasteiger partial charge in [-0.15, -0.1) is 0 Å². The first-order chi connectivity index (χ1) is 9.83. The second-order valence-electron chi connectivity index (χ2n) is 4.86. The number of amides is 1. The largest absolute Gasteiger partial charge is 0.389 e. The van der Waals surface area contributed by atoms with Crippen LogP contribution >= 0.6 is 12.2 Å². The number of nitrogens with two attached hydrogens (primary N) is 1. The Morgan fingerprint density at radius 1 is 1.48 bits per heavy atom. The van der Waals surface area contributed by atoms with E-state index in [0.29, 0.717) is 17.7 Å². The van der Waals surface area contributed by atoms with Gasteiger partial charge >= 0.3 is 0 Å². The van der Waals surface area contributed by atoms with E-state index in [1.807, 2.05) is 0 Å². The van der Waals surface area contributed by atoms with Crippen LogP contribution in [0.5, 0.6) is 0 Å². The molecule has 1 unspecified atom stereocenters. The lowest BCUT2D eigenvalue weighted by atomic mass is 10.1. The summed E-state index contributed by atoms with van der Waals surface area (Å²) in [6, 6.07) is 6.15. The summed E-state index contributed by atoms with van der Waals surface area (Å²) in [5.74, 6) is -0.509. The summed E-state index contributed by atoms with van der Waals surface area (Å²) in [5.41, 5.74) is 6.71. The number of carbonyl (C=O) groups is 1. The summed E-state index contributed by atoms with van der Waals surface area (Å²) in [6.45, 7) is 2.16. The highest BCUT2D eigenvalue weighted by Crippen LogP contribution is 2.18. The number of nitrogens with one attached hydrogen (secondary N) is 1. The zero-order valence-corrected chi connectivity index (χ0v) is 13.2. The van der Waals surface area contributed by atoms with E-state index in [-0.39, 0.29) is 23.2 Å². The van der Waals surface area contributed by atoms with Gasteiger partial charge in [-0.05, 0) is 12.5 Å². The summed E-state index contributed by atoms with van der Waals surface area (Å²) in [5, 5.41) is 2.64. The molecule has 0 saturated carbocycles. The predicted molar refractivity (Wildman–Crippen MR) is 84.1 cm³/mol. The smallest absolute Gasteiger partial charge is 0.238 e. The van der Waals surface area contributed by atoms with Crippen LogP contribution in [-0.2, 0) is 20.6 Å². The number of carbonyl (C=O) groups excluding carboxylic acids is 1. The van der Waals surface area contributed by atoms with Gasteiger partial charge in [0, 0.05) is 18.7 Å². The Labute approximate surface area is 129 Å². The van der Waals surface area contributed by atoms with Crippen LogP contribution in [-0.4, -0.2) is 42.8 Å². The van der Waals surface area contributed by atoms with Crippen LogP contribution in [0.15, 0.2) is 24.3 Å². The molecule has 3 N–H and O–H groups in total. The quantitative estimate of drug-likeness (QED) is 0.758. The topological polar surface area (TPSA) is 92.5 Å². The van der Waals surface area contributed by atoms with Gasteiger partial charge in [0.2, 0.25) is 15.9 Å². The molecule has 6 nitrogen and oxygen atoms in total. The third kappa shape index (κ3) is 3.39. The SMILES string of the molecule is CC1C(=O)NCCN1S(=O)(=O)Cc1ccccc1C(N)=S. The van der Waals surface area contributed by atoms with E-state index >= 15 is 0 Å². The molecular formula is C13H17N3O3S2. The standard InChI is InChI=1S/C13H17N3O3S2/c1-9-13(17)15-6-7-16(9)21(18,19)8-10-4-2-3-5-11(10)12(14)20/h2-5,9H,6-8H2,1H3,(H2,14,20)(H,15,17). The lowest BCUT2D eigenvalue weighted by molar-refractivity contribution is -0.126. The second kappa shape index (κ2) is 6.08. The van der Waals surface area contributed by atoms with Crippen molar-refractivity contribution in [2.24, 2.45) is 5.73 Å². The minimum Gasteiger partial charge on any atom is -0.389 e. The fourth-order valence-corrected chi connectivity index (χ4v) is 4.26. The van der Waals surface area contributed by atoms with Gasteiger partial charge in [-0.1, -0.05) is 36.5 Å². The van der Waals surface area contributed by atoms with Crippen molar-refractivity contribution in [1.82, 2.24) is 9.62 Å². The highest BCUT2D eigenvalue weighted by Gasteiger charge is 2.34. The fourth-order valence-electron chi connectivity index (χ4n) is 2.31. The van der Waals surface area contributed by atoms with Crippen molar-refractivity contribution < 1.29 is 13.2 Å². The third-order valence-corrected chi connectivity index (χ3v) is 5.53. The molecule has 0 radical (unpaired) electrons. The van der Waals surface area contributed by atoms with Crippen molar-refractivity contribution in [3.8, 4) is 0 Å². The van der Waals surface area contributed by atoms with Crippen LogP contribution in [0.4, 0.5) is 0 Å². The van der Waals surface area contributed by atoms with Crippen molar-refractivity contribution in [2.45, 2.75) is 18.7 Å². The molecule has 1 aromatic carbocycles. The van der Waals surface area contributed by atoms with Crippen LogP contribution in [0, 0.1) is 0 Å². The summed E-state index contributed by atoms with van der Waals surface area (Å²) in [7, 11) is -3.62. The number of benzene rings is 1. The molecule has 1 atom stereocenters. The molecule has 1 aliphatic heterocycles. The lowest BCUT2D eigenvalue weighted by Crippen LogP contribution is -2.55. The maximum Gasteiger partial charge on any atom is 0.238 e. The van der Waals surface area contributed by atoms with Crippen LogP contribution in [0.3, 0.4) is 0 Å². The average Bonchev–Trinajstić information content (AvgIpc) is 2.41. The maximum absolute atomic E-state index is 12.5. The number of hydrogen-bond acceptors (Lipinski definition) is 4. The lowest BCUT2D eigenvalue weighted by Gasteiger charge is -2.32. The van der Waals surface area contributed by atoms with Crippen LogP contribution < -0.4 is 11.1 Å². The minimum atomic E-state index is -3.62. The van der Waals surface area contributed by atoms with E-state index in [1.54, 1.807) is 31.2 Å². The molecule has 0 spiro atoms. The summed E-state index contributed by atoms with van der Waals surface area (Å²) >= 11 is 4.94. The number of hydrogen-bond donors (Lipinski definition) is 2. The second-order valence-corrected chi connectivity index (χ2v) is 7.22. The van der Waals surface area contributed by atoms with Crippen molar-refractivity contribution in [3.05, 3.63) is 35.4 Å². The Balaban J connectivity index is 2.30. The molecule has 0 aromatic heterocycles. The summed E-state index contributed by atoms with van der Waals surface area (Å²) in [6.07, 6.45) is 0. The number of sulfonamides is 1. The Hall–Kier alpha value is -1.51. The maximum atomic E-state index is 12.5. The number of nitrogens with zero attached hydrogens (tertiary/aromatic N) is 1.